The molecule has 3 rings (SSSR count). The summed E-state index contributed by atoms with van der Waals surface area (Å²) in [4.78, 5) is 33.9. The predicted octanol–water partition coefficient (Wildman–Crippen LogP) is 2.42. The highest BCUT2D eigenvalue weighted by atomic mass is 32.1. The molecule has 118 valence electrons. The molecule has 0 atom stereocenters. The second-order valence-corrected chi connectivity index (χ2v) is 6.58. The minimum Gasteiger partial charge on any atom is -0.316 e. The lowest BCUT2D eigenvalue weighted by Crippen LogP contribution is -2.27. The normalized spacial score (nSPS) is 10.9. The average molecular weight is 328 g/mol. The van der Waals surface area contributed by atoms with Crippen LogP contribution in [0.2, 0.25) is 0 Å². The Hall–Kier alpha value is -2.54. The van der Waals surface area contributed by atoms with Crippen molar-refractivity contribution in [2.75, 3.05) is 5.32 Å². The number of nitrogens with one attached hydrogen (secondary N) is 1. The van der Waals surface area contributed by atoms with Crippen molar-refractivity contribution in [2.45, 2.75) is 27.3 Å². The van der Waals surface area contributed by atoms with Gasteiger partial charge >= 0.3 is 0 Å². The van der Waals surface area contributed by atoms with Crippen molar-refractivity contribution in [1.29, 1.82) is 0 Å². The standard InChI is InChI=1S/C16H16N4O2S/c1-9-10(2)15(23-11(9)3)19-14(21)7-20-8-18-13-6-17-5-4-12(13)16(20)22/h4-6,8H,7H2,1-3H3,(H,19,21). The molecule has 0 unspecified atom stereocenters. The van der Waals surface area contributed by atoms with Gasteiger partial charge in [0.05, 0.1) is 28.4 Å². The zero-order chi connectivity index (χ0) is 16.6. The molecule has 0 aliphatic heterocycles. The van der Waals surface area contributed by atoms with E-state index in [1.807, 2.05) is 20.8 Å². The number of carbonyl (C=O) groups excluding carboxylic acids is 1. The third kappa shape index (κ3) is 2.87. The van der Waals surface area contributed by atoms with Gasteiger partial charge in [-0.25, -0.2) is 4.98 Å². The lowest BCUT2D eigenvalue weighted by molar-refractivity contribution is -0.116. The molecule has 0 bridgehead atoms. The van der Waals surface area contributed by atoms with Gasteiger partial charge in [-0.05, 0) is 38.0 Å². The van der Waals surface area contributed by atoms with Gasteiger partial charge in [0.15, 0.2) is 0 Å². The van der Waals surface area contributed by atoms with Gasteiger partial charge in [0.1, 0.15) is 6.54 Å². The van der Waals surface area contributed by atoms with Crippen molar-refractivity contribution in [2.24, 2.45) is 0 Å². The Labute approximate surface area is 136 Å². The van der Waals surface area contributed by atoms with Gasteiger partial charge in [-0.3, -0.25) is 19.1 Å². The molecule has 1 amide bonds. The molecular formula is C16H16N4O2S. The molecule has 3 aromatic rings. The van der Waals surface area contributed by atoms with E-state index in [0.717, 1.165) is 10.6 Å². The van der Waals surface area contributed by atoms with Gasteiger partial charge in [0.25, 0.3) is 5.56 Å². The topological polar surface area (TPSA) is 76.9 Å². The first kappa shape index (κ1) is 15.4. The maximum atomic E-state index is 12.4. The van der Waals surface area contributed by atoms with Gasteiger partial charge < -0.3 is 5.32 Å². The highest BCUT2D eigenvalue weighted by molar-refractivity contribution is 7.16. The maximum absolute atomic E-state index is 12.4. The molecule has 0 aromatic carbocycles. The van der Waals surface area contributed by atoms with E-state index in [9.17, 15) is 9.59 Å². The molecule has 0 fully saturated rings. The summed E-state index contributed by atoms with van der Waals surface area (Å²) in [6.45, 7) is 5.96. The fourth-order valence-corrected chi connectivity index (χ4v) is 3.39. The average Bonchev–Trinajstić information content (AvgIpc) is 2.77. The van der Waals surface area contributed by atoms with Crippen LogP contribution in [-0.4, -0.2) is 20.4 Å². The summed E-state index contributed by atoms with van der Waals surface area (Å²) in [6, 6.07) is 1.61. The Kier molecular flexibility index (Phi) is 3.96. The third-order valence-corrected chi connectivity index (χ3v) is 5.11. The lowest BCUT2D eigenvalue weighted by Gasteiger charge is -2.07. The Balaban J connectivity index is 1.84. The molecule has 0 saturated heterocycles. The van der Waals surface area contributed by atoms with Crippen LogP contribution in [0, 0.1) is 20.8 Å². The summed E-state index contributed by atoms with van der Waals surface area (Å²) >= 11 is 1.54. The largest absolute Gasteiger partial charge is 0.316 e. The number of rotatable bonds is 3. The molecular weight excluding hydrogens is 312 g/mol. The summed E-state index contributed by atoms with van der Waals surface area (Å²) in [5.41, 5.74) is 2.52. The SMILES string of the molecule is Cc1sc(NC(=O)Cn2cnc3cnccc3c2=O)c(C)c1C. The van der Waals surface area contributed by atoms with Gasteiger partial charge in [0.2, 0.25) is 5.91 Å². The second-order valence-electron chi connectivity index (χ2n) is 5.36. The molecule has 0 aliphatic rings. The number of carbonyl (C=O) groups is 1. The minimum absolute atomic E-state index is 0.0699. The van der Waals surface area contributed by atoms with Gasteiger partial charge in [-0.2, -0.15) is 0 Å². The highest BCUT2D eigenvalue weighted by Crippen LogP contribution is 2.31. The third-order valence-electron chi connectivity index (χ3n) is 3.88. The number of anilines is 1. The van der Waals surface area contributed by atoms with E-state index in [1.54, 1.807) is 17.4 Å². The quantitative estimate of drug-likeness (QED) is 0.801. The van der Waals surface area contributed by atoms with E-state index >= 15 is 0 Å². The number of aryl methyl sites for hydroxylation is 1. The number of hydrogen-bond donors (Lipinski definition) is 1. The Morgan fingerprint density at radius 3 is 2.78 bits per heavy atom. The van der Waals surface area contributed by atoms with Crippen LogP contribution in [0.4, 0.5) is 5.00 Å². The van der Waals surface area contributed by atoms with Crippen LogP contribution in [-0.2, 0) is 11.3 Å². The van der Waals surface area contributed by atoms with Gasteiger partial charge in [-0.1, -0.05) is 0 Å². The number of fused-ring (bicyclic) bond motifs is 1. The fraction of sp³-hybridized carbons (Fsp3) is 0.250. The van der Waals surface area contributed by atoms with Crippen LogP contribution >= 0.6 is 11.3 Å². The van der Waals surface area contributed by atoms with E-state index in [-0.39, 0.29) is 18.0 Å². The van der Waals surface area contributed by atoms with E-state index in [4.69, 9.17) is 0 Å². The number of nitrogens with zero attached hydrogens (tertiary/aromatic N) is 3. The molecule has 0 radical (unpaired) electrons. The van der Waals surface area contributed by atoms with E-state index in [0.29, 0.717) is 10.9 Å². The summed E-state index contributed by atoms with van der Waals surface area (Å²) in [5.74, 6) is -0.244. The highest BCUT2D eigenvalue weighted by Gasteiger charge is 2.13. The first-order valence-electron chi connectivity index (χ1n) is 7.13. The van der Waals surface area contributed by atoms with Crippen LogP contribution in [0.3, 0.4) is 0 Å². The molecule has 3 heterocycles. The molecule has 0 spiro atoms. The molecule has 6 nitrogen and oxygen atoms in total. The number of aromatic nitrogens is 3. The first-order valence-corrected chi connectivity index (χ1v) is 7.94. The van der Waals surface area contributed by atoms with E-state index in [2.05, 4.69) is 15.3 Å². The van der Waals surface area contributed by atoms with Crippen LogP contribution in [0.5, 0.6) is 0 Å². The van der Waals surface area contributed by atoms with E-state index < -0.39 is 0 Å². The maximum Gasteiger partial charge on any atom is 0.261 e. The Morgan fingerprint density at radius 2 is 2.09 bits per heavy atom. The van der Waals surface area contributed by atoms with Crippen LogP contribution < -0.4 is 10.9 Å². The zero-order valence-electron chi connectivity index (χ0n) is 13.1. The molecule has 3 aromatic heterocycles. The fourth-order valence-electron chi connectivity index (χ4n) is 2.30. The Morgan fingerprint density at radius 1 is 1.30 bits per heavy atom. The number of pyridine rings is 1. The predicted molar refractivity (Wildman–Crippen MR) is 91.0 cm³/mol. The van der Waals surface area contributed by atoms with Crippen molar-refractivity contribution < 1.29 is 4.79 Å². The first-order chi connectivity index (χ1) is 11.0. The van der Waals surface area contributed by atoms with Crippen LogP contribution in [0.1, 0.15) is 16.0 Å². The van der Waals surface area contributed by atoms with Crippen LogP contribution in [0.25, 0.3) is 10.9 Å². The van der Waals surface area contributed by atoms with Gasteiger partial charge in [0, 0.05) is 11.1 Å². The Bertz CT molecular complexity index is 958. The summed E-state index contributed by atoms with van der Waals surface area (Å²) in [6.07, 6.45) is 4.45. The molecule has 7 heteroatoms. The lowest BCUT2D eigenvalue weighted by atomic mass is 10.2. The second kappa shape index (κ2) is 5.92. The molecule has 23 heavy (non-hydrogen) atoms. The summed E-state index contributed by atoms with van der Waals surface area (Å²) in [5, 5.41) is 4.16. The van der Waals surface area contributed by atoms with Crippen molar-refractivity contribution in [3.05, 3.63) is 51.1 Å². The number of amides is 1. The number of hydrogen-bond acceptors (Lipinski definition) is 5. The molecule has 1 N–H and O–H groups in total. The smallest absolute Gasteiger partial charge is 0.261 e. The summed E-state index contributed by atoms with van der Waals surface area (Å²) < 4.78 is 1.31. The zero-order valence-corrected chi connectivity index (χ0v) is 13.9. The molecule has 0 saturated carbocycles. The van der Waals surface area contributed by atoms with E-state index in [1.165, 1.54) is 33.7 Å². The van der Waals surface area contributed by atoms with Crippen molar-refractivity contribution in [3.8, 4) is 0 Å². The van der Waals surface area contributed by atoms with Crippen molar-refractivity contribution in [3.63, 3.8) is 0 Å². The van der Waals surface area contributed by atoms with Crippen molar-refractivity contribution in [1.82, 2.24) is 14.5 Å². The molecule has 0 aliphatic carbocycles. The van der Waals surface area contributed by atoms with Crippen LogP contribution in [0.15, 0.2) is 29.6 Å². The minimum atomic E-state index is -0.247. The monoisotopic (exact) mass is 328 g/mol. The number of thiophene rings is 1. The van der Waals surface area contributed by atoms with Gasteiger partial charge in [-0.15, -0.1) is 11.3 Å². The van der Waals surface area contributed by atoms with Crippen molar-refractivity contribution >= 4 is 33.1 Å². The summed E-state index contributed by atoms with van der Waals surface area (Å²) in [7, 11) is 0.